The number of aromatic nitrogens is 2. The number of aliphatic carboxylic acids is 1. The Kier molecular flexibility index (Phi) is 3.59. The van der Waals surface area contributed by atoms with Crippen LogP contribution in [0.1, 0.15) is 23.5 Å². The van der Waals surface area contributed by atoms with Crippen molar-refractivity contribution in [2.24, 2.45) is 11.3 Å². The summed E-state index contributed by atoms with van der Waals surface area (Å²) >= 11 is 0. The van der Waals surface area contributed by atoms with Gasteiger partial charge in [-0.25, -0.2) is 22.7 Å². The van der Waals surface area contributed by atoms with Crippen molar-refractivity contribution in [3.8, 4) is 0 Å². The largest absolute Gasteiger partial charge is 0.481 e. The van der Waals surface area contributed by atoms with Crippen LogP contribution in [-0.4, -0.2) is 66.2 Å². The Balaban J connectivity index is 1.69. The van der Waals surface area contributed by atoms with Gasteiger partial charge < -0.3 is 10.0 Å². The summed E-state index contributed by atoms with van der Waals surface area (Å²) in [6.07, 6.45) is 4.04. The normalized spacial score (nSPS) is 29.0. The van der Waals surface area contributed by atoms with Gasteiger partial charge in [0.1, 0.15) is 17.1 Å². The molecule has 1 aliphatic carbocycles. The van der Waals surface area contributed by atoms with Crippen molar-refractivity contribution in [1.29, 1.82) is 0 Å². The summed E-state index contributed by atoms with van der Waals surface area (Å²) in [5, 5.41) is 9.89. The molecule has 8 nitrogen and oxygen atoms in total. The van der Waals surface area contributed by atoms with Crippen molar-refractivity contribution < 1.29 is 18.3 Å². The molecule has 1 aromatic heterocycles. The minimum atomic E-state index is -3.39. The van der Waals surface area contributed by atoms with E-state index in [2.05, 4.69) is 9.97 Å². The van der Waals surface area contributed by atoms with E-state index in [1.807, 2.05) is 11.8 Å². The summed E-state index contributed by atoms with van der Waals surface area (Å²) in [7, 11) is -3.39. The van der Waals surface area contributed by atoms with Crippen molar-refractivity contribution in [3.05, 3.63) is 17.1 Å². The molecule has 3 aliphatic rings. The van der Waals surface area contributed by atoms with Crippen LogP contribution in [0.5, 0.6) is 0 Å². The van der Waals surface area contributed by atoms with Gasteiger partial charge in [0.2, 0.25) is 10.0 Å². The van der Waals surface area contributed by atoms with Gasteiger partial charge in [-0.15, -0.1) is 0 Å². The molecule has 1 aromatic rings. The lowest BCUT2D eigenvalue weighted by Gasteiger charge is -2.26. The molecule has 2 fully saturated rings. The third-order valence-electron chi connectivity index (χ3n) is 5.80. The fraction of sp³-hybridized carbons (Fsp3) is 0.688. The quantitative estimate of drug-likeness (QED) is 0.806. The minimum absolute atomic E-state index is 0.0363. The van der Waals surface area contributed by atoms with Gasteiger partial charge in [-0.1, -0.05) is 0 Å². The van der Waals surface area contributed by atoms with Crippen LogP contribution in [0.25, 0.3) is 0 Å². The molecule has 0 amide bonds. The van der Waals surface area contributed by atoms with Crippen molar-refractivity contribution in [2.75, 3.05) is 37.3 Å². The number of sulfonamides is 1. The molecule has 9 heteroatoms. The molecule has 1 N–H and O–H groups in total. The molecule has 0 radical (unpaired) electrons. The SMILES string of the molecule is Cc1nc2c(c(N3C[C@@H]4CN(S(C)(=O)=O)C[C@]4(C(=O)O)C3)n1)CCC2. The molecule has 3 heterocycles. The van der Waals surface area contributed by atoms with Gasteiger partial charge in [0.25, 0.3) is 0 Å². The van der Waals surface area contributed by atoms with Crippen LogP contribution in [0.15, 0.2) is 0 Å². The molecule has 25 heavy (non-hydrogen) atoms. The van der Waals surface area contributed by atoms with Crippen molar-refractivity contribution in [2.45, 2.75) is 26.2 Å². The third kappa shape index (κ3) is 2.52. The van der Waals surface area contributed by atoms with E-state index in [1.165, 1.54) is 4.31 Å². The highest BCUT2D eigenvalue weighted by atomic mass is 32.2. The lowest BCUT2D eigenvalue weighted by molar-refractivity contribution is -0.148. The number of carboxylic acid groups (broad SMARTS) is 1. The highest BCUT2D eigenvalue weighted by Crippen LogP contribution is 2.45. The van der Waals surface area contributed by atoms with E-state index < -0.39 is 21.4 Å². The first-order valence-corrected chi connectivity index (χ1v) is 10.4. The van der Waals surface area contributed by atoms with Crippen LogP contribution in [-0.2, 0) is 27.7 Å². The monoisotopic (exact) mass is 366 g/mol. The predicted molar refractivity (Wildman–Crippen MR) is 91.0 cm³/mol. The second kappa shape index (κ2) is 5.38. The maximum Gasteiger partial charge on any atom is 0.313 e. The summed E-state index contributed by atoms with van der Waals surface area (Å²) in [6.45, 7) is 2.96. The average Bonchev–Trinajstić information content (AvgIpc) is 3.16. The lowest BCUT2D eigenvalue weighted by Crippen LogP contribution is -2.42. The predicted octanol–water partition coefficient (Wildman–Crippen LogP) is 0.0561. The summed E-state index contributed by atoms with van der Waals surface area (Å²) in [4.78, 5) is 23.2. The number of aryl methyl sites for hydroxylation is 2. The highest BCUT2D eigenvalue weighted by Gasteiger charge is 2.59. The molecular weight excluding hydrogens is 344 g/mol. The first-order valence-electron chi connectivity index (χ1n) is 8.50. The van der Waals surface area contributed by atoms with Crippen molar-refractivity contribution in [3.63, 3.8) is 0 Å². The molecule has 2 atom stereocenters. The molecule has 0 aromatic carbocycles. The Bertz CT molecular complexity index is 856. The molecular formula is C16H22N4O4S. The number of nitrogens with zero attached hydrogens (tertiary/aromatic N) is 4. The van der Waals surface area contributed by atoms with Gasteiger partial charge in [0.05, 0.1) is 6.26 Å². The third-order valence-corrected chi connectivity index (χ3v) is 7.01. The Morgan fingerprint density at radius 1 is 1.24 bits per heavy atom. The molecule has 0 unspecified atom stereocenters. The van der Waals surface area contributed by atoms with Gasteiger partial charge in [-0.05, 0) is 26.2 Å². The molecule has 4 rings (SSSR count). The van der Waals surface area contributed by atoms with E-state index in [-0.39, 0.29) is 19.0 Å². The Labute approximate surface area is 146 Å². The van der Waals surface area contributed by atoms with E-state index >= 15 is 0 Å². The highest BCUT2D eigenvalue weighted by molar-refractivity contribution is 7.88. The lowest BCUT2D eigenvalue weighted by atomic mass is 9.81. The van der Waals surface area contributed by atoms with Crippen LogP contribution < -0.4 is 4.90 Å². The maximum absolute atomic E-state index is 12.1. The summed E-state index contributed by atoms with van der Waals surface area (Å²) in [5.41, 5.74) is 1.14. The van der Waals surface area contributed by atoms with Gasteiger partial charge in [0.15, 0.2) is 0 Å². The second-order valence-electron chi connectivity index (χ2n) is 7.47. The first kappa shape index (κ1) is 16.7. The molecule has 0 bridgehead atoms. The number of anilines is 1. The van der Waals surface area contributed by atoms with E-state index in [0.29, 0.717) is 18.9 Å². The van der Waals surface area contributed by atoms with Crippen LogP contribution in [0.3, 0.4) is 0 Å². The Hall–Kier alpha value is -1.74. The van der Waals surface area contributed by atoms with Gasteiger partial charge >= 0.3 is 5.97 Å². The number of carboxylic acids is 1. The standard InChI is InChI=1S/C16H22N4O4S/c1-10-17-13-5-3-4-12(13)14(18-10)19-6-11-7-20(25(2,23)24)9-16(11,8-19)15(21)22/h11H,3-9H2,1-2H3,(H,21,22)/t11-,16-/m1/s1. The van der Waals surface area contributed by atoms with Crippen LogP contribution in [0.4, 0.5) is 5.82 Å². The zero-order valence-corrected chi connectivity index (χ0v) is 15.2. The zero-order chi connectivity index (χ0) is 18.0. The van der Waals surface area contributed by atoms with E-state index in [1.54, 1.807) is 0 Å². The van der Waals surface area contributed by atoms with E-state index in [9.17, 15) is 18.3 Å². The smallest absolute Gasteiger partial charge is 0.313 e. The van der Waals surface area contributed by atoms with Gasteiger partial charge in [-0.2, -0.15) is 0 Å². The van der Waals surface area contributed by atoms with E-state index in [4.69, 9.17) is 0 Å². The first-order chi connectivity index (χ1) is 11.7. The van der Waals surface area contributed by atoms with Crippen LogP contribution >= 0.6 is 0 Å². The number of hydrogen-bond acceptors (Lipinski definition) is 6. The summed E-state index contributed by atoms with van der Waals surface area (Å²) in [6, 6.07) is 0. The Morgan fingerprint density at radius 2 is 2.00 bits per heavy atom. The fourth-order valence-electron chi connectivity index (χ4n) is 4.53. The molecule has 2 saturated heterocycles. The molecule has 0 saturated carbocycles. The number of rotatable bonds is 3. The maximum atomic E-state index is 12.1. The number of carbonyl (C=O) groups is 1. The number of fused-ring (bicyclic) bond motifs is 2. The summed E-state index contributed by atoms with van der Waals surface area (Å²) in [5.74, 6) is 0.399. The topological polar surface area (TPSA) is 104 Å². The van der Waals surface area contributed by atoms with Crippen LogP contribution in [0.2, 0.25) is 0 Å². The zero-order valence-electron chi connectivity index (χ0n) is 14.4. The minimum Gasteiger partial charge on any atom is -0.481 e. The van der Waals surface area contributed by atoms with Gasteiger partial charge in [0, 0.05) is 43.4 Å². The molecule has 136 valence electrons. The number of hydrogen-bond donors (Lipinski definition) is 1. The second-order valence-corrected chi connectivity index (χ2v) is 9.45. The van der Waals surface area contributed by atoms with Gasteiger partial charge in [-0.3, -0.25) is 4.79 Å². The Morgan fingerprint density at radius 3 is 2.64 bits per heavy atom. The van der Waals surface area contributed by atoms with Crippen molar-refractivity contribution in [1.82, 2.24) is 14.3 Å². The molecule has 0 spiro atoms. The van der Waals surface area contributed by atoms with Crippen molar-refractivity contribution >= 4 is 21.8 Å². The average molecular weight is 366 g/mol. The summed E-state index contributed by atoms with van der Waals surface area (Å²) < 4.78 is 25.1. The van der Waals surface area contributed by atoms with E-state index in [0.717, 1.165) is 42.6 Å². The fourth-order valence-corrected chi connectivity index (χ4v) is 5.45. The molecule has 2 aliphatic heterocycles. The van der Waals surface area contributed by atoms with Crippen LogP contribution in [0, 0.1) is 18.3 Å².